The number of benzene rings is 1. The highest BCUT2D eigenvalue weighted by molar-refractivity contribution is 5.71. The van der Waals surface area contributed by atoms with E-state index in [9.17, 15) is 4.79 Å². The average molecular weight is 298 g/mol. The fourth-order valence-corrected chi connectivity index (χ4v) is 2.40. The number of hydrogen-bond acceptors (Lipinski definition) is 5. The fraction of sp³-hybridized carbons (Fsp3) is 0.294. The number of hydrogen-bond donors (Lipinski definition) is 1. The third-order valence-corrected chi connectivity index (χ3v) is 3.53. The Balaban J connectivity index is 1.50. The average Bonchev–Trinajstić information content (AvgIpc) is 2.59. The second-order valence-corrected chi connectivity index (χ2v) is 5.10. The Kier molecular flexibility index (Phi) is 4.65. The normalized spacial score (nSPS) is 16.5. The van der Waals surface area contributed by atoms with Crippen molar-refractivity contribution < 1.29 is 14.3 Å². The SMILES string of the molecule is O=C(CNC1CCOc2cccnc21)OCc1ccccc1. The van der Waals surface area contributed by atoms with Crippen LogP contribution >= 0.6 is 0 Å². The molecule has 0 saturated carbocycles. The van der Waals surface area contributed by atoms with Gasteiger partial charge in [0.25, 0.3) is 0 Å². The van der Waals surface area contributed by atoms with Crippen molar-refractivity contribution in [2.75, 3.05) is 13.2 Å². The van der Waals surface area contributed by atoms with Crippen LogP contribution in [0.3, 0.4) is 0 Å². The van der Waals surface area contributed by atoms with Crippen LogP contribution in [0, 0.1) is 0 Å². The molecule has 1 aliphatic rings. The van der Waals surface area contributed by atoms with Gasteiger partial charge in [-0.05, 0) is 17.7 Å². The molecule has 5 heteroatoms. The molecule has 1 atom stereocenters. The number of pyridine rings is 1. The van der Waals surface area contributed by atoms with Crippen LogP contribution in [0.25, 0.3) is 0 Å². The van der Waals surface area contributed by atoms with Crippen molar-refractivity contribution in [1.29, 1.82) is 0 Å². The van der Waals surface area contributed by atoms with Crippen molar-refractivity contribution in [1.82, 2.24) is 10.3 Å². The van der Waals surface area contributed by atoms with Gasteiger partial charge in [0.15, 0.2) is 0 Å². The summed E-state index contributed by atoms with van der Waals surface area (Å²) in [6.07, 6.45) is 2.52. The maximum Gasteiger partial charge on any atom is 0.320 e. The van der Waals surface area contributed by atoms with E-state index in [0.29, 0.717) is 13.2 Å². The molecule has 0 spiro atoms. The number of carbonyl (C=O) groups is 1. The lowest BCUT2D eigenvalue weighted by molar-refractivity contribution is -0.144. The van der Waals surface area contributed by atoms with Crippen molar-refractivity contribution >= 4 is 5.97 Å². The van der Waals surface area contributed by atoms with Gasteiger partial charge in [-0.2, -0.15) is 0 Å². The van der Waals surface area contributed by atoms with Crippen molar-refractivity contribution in [3.05, 3.63) is 59.9 Å². The van der Waals surface area contributed by atoms with Gasteiger partial charge in [0.05, 0.1) is 24.9 Å². The Morgan fingerprint density at radius 2 is 2.14 bits per heavy atom. The molecular weight excluding hydrogens is 280 g/mol. The van der Waals surface area contributed by atoms with Crippen LogP contribution in [0.2, 0.25) is 0 Å². The highest BCUT2D eigenvalue weighted by Gasteiger charge is 2.22. The third-order valence-electron chi connectivity index (χ3n) is 3.53. The van der Waals surface area contributed by atoms with Gasteiger partial charge in [-0.15, -0.1) is 0 Å². The molecule has 1 aromatic carbocycles. The first-order valence-corrected chi connectivity index (χ1v) is 7.33. The summed E-state index contributed by atoms with van der Waals surface area (Å²) in [5, 5.41) is 3.20. The van der Waals surface area contributed by atoms with Crippen molar-refractivity contribution in [3.8, 4) is 5.75 Å². The van der Waals surface area contributed by atoms with Gasteiger partial charge in [-0.25, -0.2) is 0 Å². The number of esters is 1. The van der Waals surface area contributed by atoms with E-state index in [1.165, 1.54) is 0 Å². The molecule has 22 heavy (non-hydrogen) atoms. The van der Waals surface area contributed by atoms with E-state index in [1.807, 2.05) is 42.5 Å². The van der Waals surface area contributed by atoms with Crippen LogP contribution in [0.1, 0.15) is 23.7 Å². The van der Waals surface area contributed by atoms with E-state index in [2.05, 4.69) is 10.3 Å². The number of aromatic nitrogens is 1. The maximum atomic E-state index is 11.8. The molecule has 2 aromatic rings. The lowest BCUT2D eigenvalue weighted by Gasteiger charge is -2.25. The number of nitrogens with one attached hydrogen (secondary N) is 1. The smallest absolute Gasteiger partial charge is 0.320 e. The molecule has 0 amide bonds. The molecule has 0 bridgehead atoms. The zero-order chi connectivity index (χ0) is 15.2. The van der Waals surface area contributed by atoms with Crippen LogP contribution in [0.15, 0.2) is 48.7 Å². The van der Waals surface area contributed by atoms with Crippen LogP contribution in [-0.2, 0) is 16.1 Å². The quantitative estimate of drug-likeness (QED) is 0.858. The van der Waals surface area contributed by atoms with Crippen LogP contribution in [0.4, 0.5) is 0 Å². The van der Waals surface area contributed by atoms with E-state index < -0.39 is 0 Å². The summed E-state index contributed by atoms with van der Waals surface area (Å²) in [5.41, 5.74) is 1.83. The Morgan fingerprint density at radius 3 is 3.00 bits per heavy atom. The molecule has 0 aliphatic carbocycles. The molecule has 3 rings (SSSR count). The Bertz CT molecular complexity index is 631. The van der Waals surface area contributed by atoms with E-state index in [1.54, 1.807) is 6.20 Å². The van der Waals surface area contributed by atoms with Gasteiger partial charge < -0.3 is 9.47 Å². The molecule has 1 N–H and O–H groups in total. The first-order chi connectivity index (χ1) is 10.8. The van der Waals surface area contributed by atoms with Crippen LogP contribution in [-0.4, -0.2) is 24.1 Å². The van der Waals surface area contributed by atoms with Crippen LogP contribution < -0.4 is 10.1 Å². The Hall–Kier alpha value is -2.40. The molecule has 1 aromatic heterocycles. The highest BCUT2D eigenvalue weighted by atomic mass is 16.5. The predicted molar refractivity (Wildman–Crippen MR) is 81.3 cm³/mol. The van der Waals surface area contributed by atoms with Gasteiger partial charge in [-0.1, -0.05) is 30.3 Å². The minimum absolute atomic E-state index is 0.0224. The summed E-state index contributed by atoms with van der Waals surface area (Å²) >= 11 is 0. The third kappa shape index (κ3) is 3.62. The topological polar surface area (TPSA) is 60.5 Å². The first-order valence-electron chi connectivity index (χ1n) is 7.33. The van der Waals surface area contributed by atoms with Crippen molar-refractivity contribution in [3.63, 3.8) is 0 Å². The Labute approximate surface area is 129 Å². The summed E-state index contributed by atoms with van der Waals surface area (Å²) in [6.45, 7) is 1.08. The van der Waals surface area contributed by atoms with E-state index in [4.69, 9.17) is 9.47 Å². The zero-order valence-electron chi connectivity index (χ0n) is 12.2. The van der Waals surface area contributed by atoms with Gasteiger partial charge in [0.2, 0.25) is 0 Å². The number of nitrogens with zero attached hydrogens (tertiary/aromatic N) is 1. The first kappa shape index (κ1) is 14.5. The molecule has 1 unspecified atom stereocenters. The summed E-state index contributed by atoms with van der Waals surface area (Å²) in [6, 6.07) is 13.4. The number of fused-ring (bicyclic) bond motifs is 1. The fourth-order valence-electron chi connectivity index (χ4n) is 2.40. The number of ether oxygens (including phenoxy) is 2. The van der Waals surface area contributed by atoms with Crippen molar-refractivity contribution in [2.45, 2.75) is 19.1 Å². The molecule has 0 radical (unpaired) electrons. The number of carbonyl (C=O) groups excluding carboxylic acids is 1. The summed E-state index contributed by atoms with van der Waals surface area (Å²) < 4.78 is 10.8. The molecule has 5 nitrogen and oxygen atoms in total. The molecular formula is C17H18N2O3. The lowest BCUT2D eigenvalue weighted by atomic mass is 10.1. The predicted octanol–water partition coefficient (Wildman–Crippen LogP) is 2.24. The molecule has 0 fully saturated rings. The molecule has 1 aliphatic heterocycles. The second kappa shape index (κ2) is 7.04. The maximum absolute atomic E-state index is 11.8. The Morgan fingerprint density at radius 1 is 1.27 bits per heavy atom. The van der Waals surface area contributed by atoms with Gasteiger partial charge in [0.1, 0.15) is 12.4 Å². The lowest BCUT2D eigenvalue weighted by Crippen LogP contribution is -2.32. The minimum atomic E-state index is -0.271. The monoisotopic (exact) mass is 298 g/mol. The zero-order valence-corrected chi connectivity index (χ0v) is 12.2. The van der Waals surface area contributed by atoms with E-state index in [0.717, 1.165) is 23.4 Å². The second-order valence-electron chi connectivity index (χ2n) is 5.10. The molecule has 0 saturated heterocycles. The minimum Gasteiger partial charge on any atom is -0.492 e. The van der Waals surface area contributed by atoms with Crippen LogP contribution in [0.5, 0.6) is 5.75 Å². The summed E-state index contributed by atoms with van der Waals surface area (Å²) in [7, 11) is 0. The van der Waals surface area contributed by atoms with E-state index in [-0.39, 0.29) is 18.6 Å². The largest absolute Gasteiger partial charge is 0.492 e. The standard InChI is InChI=1S/C17H18N2O3/c20-16(22-12-13-5-2-1-3-6-13)11-19-14-8-10-21-15-7-4-9-18-17(14)15/h1-7,9,14,19H,8,10-12H2. The van der Waals surface area contributed by atoms with Gasteiger partial charge >= 0.3 is 5.97 Å². The van der Waals surface area contributed by atoms with Gasteiger partial charge in [0, 0.05) is 12.6 Å². The number of rotatable bonds is 5. The molecule has 2 heterocycles. The summed E-state index contributed by atoms with van der Waals surface area (Å²) in [5.74, 6) is 0.511. The van der Waals surface area contributed by atoms with Gasteiger partial charge in [-0.3, -0.25) is 15.1 Å². The van der Waals surface area contributed by atoms with Crippen molar-refractivity contribution in [2.24, 2.45) is 0 Å². The summed E-state index contributed by atoms with van der Waals surface area (Å²) in [4.78, 5) is 16.2. The van der Waals surface area contributed by atoms with E-state index >= 15 is 0 Å². The molecule has 114 valence electrons. The highest BCUT2D eigenvalue weighted by Crippen LogP contribution is 2.29.